The molecule has 1 N–H and O–H groups in total. The van der Waals surface area contributed by atoms with Crippen molar-refractivity contribution < 1.29 is 23.8 Å². The molecular formula is C17H19ClFNO4. The van der Waals surface area contributed by atoms with E-state index in [1.54, 1.807) is 11.8 Å². The zero-order valence-corrected chi connectivity index (χ0v) is 14.1. The Labute approximate surface area is 144 Å². The molecule has 2 aliphatic rings. The lowest BCUT2D eigenvalue weighted by molar-refractivity contribution is -0.141. The Balaban J connectivity index is 1.56. The van der Waals surface area contributed by atoms with Crippen LogP contribution in [0.15, 0.2) is 18.2 Å². The third-order valence-corrected chi connectivity index (χ3v) is 5.40. The molecule has 1 aliphatic heterocycles. The van der Waals surface area contributed by atoms with Crippen LogP contribution in [-0.4, -0.2) is 41.1 Å². The second-order valence-electron chi connectivity index (χ2n) is 6.62. The Morgan fingerprint density at radius 2 is 2.08 bits per heavy atom. The van der Waals surface area contributed by atoms with Crippen LogP contribution in [0.2, 0.25) is 5.02 Å². The van der Waals surface area contributed by atoms with Crippen LogP contribution in [0.25, 0.3) is 0 Å². The van der Waals surface area contributed by atoms with Crippen molar-refractivity contribution in [2.45, 2.75) is 32.3 Å². The van der Waals surface area contributed by atoms with Crippen molar-refractivity contribution in [3.8, 4) is 5.75 Å². The summed E-state index contributed by atoms with van der Waals surface area (Å²) < 4.78 is 18.6. The highest BCUT2D eigenvalue weighted by Gasteiger charge is 2.59. The van der Waals surface area contributed by atoms with Gasteiger partial charge in [0, 0.05) is 13.1 Å². The van der Waals surface area contributed by atoms with Crippen LogP contribution in [0.4, 0.5) is 4.39 Å². The molecule has 24 heavy (non-hydrogen) atoms. The second kappa shape index (κ2) is 6.24. The number of rotatable bonds is 4. The van der Waals surface area contributed by atoms with Gasteiger partial charge in [-0.15, -0.1) is 0 Å². The molecule has 1 aromatic carbocycles. The summed E-state index contributed by atoms with van der Waals surface area (Å²) in [7, 11) is 0. The first-order chi connectivity index (χ1) is 11.3. The molecule has 1 aromatic rings. The van der Waals surface area contributed by atoms with Gasteiger partial charge in [0.15, 0.2) is 6.10 Å². The SMILES string of the molecule is CC(Oc1ccc(F)cc1Cl)C(=O)N1CCC2(CC1)CC2C(=O)O. The van der Waals surface area contributed by atoms with Crippen LogP contribution in [0.1, 0.15) is 26.2 Å². The zero-order chi connectivity index (χ0) is 17.5. The summed E-state index contributed by atoms with van der Waals surface area (Å²) in [5.74, 6) is -1.37. The minimum absolute atomic E-state index is 0.118. The number of hydrogen-bond donors (Lipinski definition) is 1. The molecule has 5 nitrogen and oxygen atoms in total. The molecule has 1 amide bonds. The van der Waals surface area contributed by atoms with Gasteiger partial charge in [-0.25, -0.2) is 4.39 Å². The summed E-state index contributed by atoms with van der Waals surface area (Å²) in [5, 5.41) is 9.22. The van der Waals surface area contributed by atoms with Gasteiger partial charge in [-0.2, -0.15) is 0 Å². The summed E-state index contributed by atoms with van der Waals surface area (Å²) in [5.41, 5.74) is -0.118. The maximum atomic E-state index is 13.0. The van der Waals surface area contributed by atoms with Crippen molar-refractivity contribution in [3.63, 3.8) is 0 Å². The van der Waals surface area contributed by atoms with E-state index in [4.69, 9.17) is 21.4 Å². The van der Waals surface area contributed by atoms with Crippen molar-refractivity contribution in [1.29, 1.82) is 0 Å². The Morgan fingerprint density at radius 1 is 1.42 bits per heavy atom. The minimum Gasteiger partial charge on any atom is -0.481 e. The third-order valence-electron chi connectivity index (χ3n) is 5.10. The predicted molar refractivity (Wildman–Crippen MR) is 85.5 cm³/mol. The van der Waals surface area contributed by atoms with E-state index in [9.17, 15) is 14.0 Å². The van der Waals surface area contributed by atoms with Gasteiger partial charge in [0.25, 0.3) is 5.91 Å². The van der Waals surface area contributed by atoms with Crippen molar-refractivity contribution in [3.05, 3.63) is 29.0 Å². The molecule has 0 bridgehead atoms. The lowest BCUT2D eigenvalue weighted by atomic mass is 9.90. The molecule has 0 radical (unpaired) electrons. The number of benzene rings is 1. The number of nitrogens with zero attached hydrogens (tertiary/aromatic N) is 1. The van der Waals surface area contributed by atoms with E-state index in [0.29, 0.717) is 32.4 Å². The number of piperidine rings is 1. The molecular weight excluding hydrogens is 337 g/mol. The maximum Gasteiger partial charge on any atom is 0.307 e. The third kappa shape index (κ3) is 3.20. The molecule has 1 saturated carbocycles. The molecule has 1 heterocycles. The first-order valence-electron chi connectivity index (χ1n) is 7.96. The van der Waals surface area contributed by atoms with Gasteiger partial charge in [0.2, 0.25) is 0 Å². The van der Waals surface area contributed by atoms with Crippen LogP contribution in [0, 0.1) is 17.2 Å². The molecule has 1 aliphatic carbocycles. The van der Waals surface area contributed by atoms with E-state index in [1.807, 2.05) is 0 Å². The number of likely N-dealkylation sites (tertiary alicyclic amines) is 1. The standard InChI is InChI=1S/C17H19ClFNO4/c1-10(24-14-3-2-11(19)8-13(14)18)15(21)20-6-4-17(5-7-20)9-12(17)16(22)23/h2-3,8,10,12H,4-7,9H2,1H3,(H,22,23). The van der Waals surface area contributed by atoms with Crippen LogP contribution < -0.4 is 4.74 Å². The number of hydrogen-bond acceptors (Lipinski definition) is 3. The average molecular weight is 356 g/mol. The molecule has 7 heteroatoms. The minimum atomic E-state index is -0.739. The van der Waals surface area contributed by atoms with Crippen molar-refractivity contribution in [2.75, 3.05) is 13.1 Å². The number of halogens is 2. The van der Waals surface area contributed by atoms with Crippen molar-refractivity contribution in [2.24, 2.45) is 11.3 Å². The van der Waals surface area contributed by atoms with Gasteiger partial charge < -0.3 is 14.7 Å². The number of carbonyl (C=O) groups is 2. The highest BCUT2D eigenvalue weighted by atomic mass is 35.5. The fraction of sp³-hybridized carbons (Fsp3) is 0.529. The van der Waals surface area contributed by atoms with E-state index in [1.165, 1.54) is 12.1 Å². The zero-order valence-electron chi connectivity index (χ0n) is 13.3. The van der Waals surface area contributed by atoms with Gasteiger partial charge in [-0.1, -0.05) is 11.6 Å². The molecule has 2 fully saturated rings. The normalized spacial score (nSPS) is 23.0. The number of amides is 1. The van der Waals surface area contributed by atoms with E-state index in [0.717, 1.165) is 6.07 Å². The molecule has 0 aromatic heterocycles. The second-order valence-corrected chi connectivity index (χ2v) is 7.02. The molecule has 3 rings (SSSR count). The van der Waals surface area contributed by atoms with E-state index in [-0.39, 0.29) is 28.0 Å². The van der Waals surface area contributed by atoms with Crippen LogP contribution in [-0.2, 0) is 9.59 Å². The van der Waals surface area contributed by atoms with Crippen LogP contribution >= 0.6 is 11.6 Å². The summed E-state index contributed by atoms with van der Waals surface area (Å²) >= 11 is 5.91. The summed E-state index contributed by atoms with van der Waals surface area (Å²) in [4.78, 5) is 25.3. The number of ether oxygens (including phenoxy) is 1. The molecule has 2 atom stereocenters. The van der Waals surface area contributed by atoms with Gasteiger partial charge >= 0.3 is 5.97 Å². The Bertz CT molecular complexity index is 673. The molecule has 2 unspecified atom stereocenters. The van der Waals surface area contributed by atoms with E-state index >= 15 is 0 Å². The molecule has 130 valence electrons. The molecule has 1 spiro atoms. The average Bonchev–Trinajstić information content (AvgIpc) is 3.24. The highest BCUT2D eigenvalue weighted by molar-refractivity contribution is 6.32. The first kappa shape index (κ1) is 17.0. The largest absolute Gasteiger partial charge is 0.481 e. The topological polar surface area (TPSA) is 66.8 Å². The Kier molecular flexibility index (Phi) is 4.42. The summed E-state index contributed by atoms with van der Waals surface area (Å²) in [6.45, 7) is 2.70. The predicted octanol–water partition coefficient (Wildman–Crippen LogP) is 2.96. The first-order valence-corrected chi connectivity index (χ1v) is 8.33. The smallest absolute Gasteiger partial charge is 0.307 e. The van der Waals surface area contributed by atoms with Gasteiger partial charge in [-0.05, 0) is 49.8 Å². The fourth-order valence-corrected chi connectivity index (χ4v) is 3.70. The van der Waals surface area contributed by atoms with Gasteiger partial charge in [0.1, 0.15) is 11.6 Å². The Morgan fingerprint density at radius 3 is 2.62 bits per heavy atom. The Hall–Kier alpha value is -1.82. The van der Waals surface area contributed by atoms with Crippen LogP contribution in [0.3, 0.4) is 0 Å². The highest BCUT2D eigenvalue weighted by Crippen LogP contribution is 2.59. The lowest BCUT2D eigenvalue weighted by Crippen LogP contribution is -2.45. The summed E-state index contributed by atoms with van der Waals surface area (Å²) in [6, 6.07) is 3.76. The fourth-order valence-electron chi connectivity index (χ4n) is 3.49. The monoisotopic (exact) mass is 355 g/mol. The van der Waals surface area contributed by atoms with E-state index in [2.05, 4.69) is 0 Å². The summed E-state index contributed by atoms with van der Waals surface area (Å²) in [6.07, 6.45) is 1.39. The number of carboxylic acids is 1. The maximum absolute atomic E-state index is 13.0. The van der Waals surface area contributed by atoms with Crippen molar-refractivity contribution >= 4 is 23.5 Å². The number of carbonyl (C=O) groups excluding carboxylic acids is 1. The van der Waals surface area contributed by atoms with Crippen LogP contribution in [0.5, 0.6) is 5.75 Å². The lowest BCUT2D eigenvalue weighted by Gasteiger charge is -2.34. The van der Waals surface area contributed by atoms with E-state index < -0.39 is 17.9 Å². The van der Waals surface area contributed by atoms with Crippen molar-refractivity contribution in [1.82, 2.24) is 4.90 Å². The molecule has 1 saturated heterocycles. The van der Waals surface area contributed by atoms with Gasteiger partial charge in [0.05, 0.1) is 10.9 Å². The number of carboxylic acid groups (broad SMARTS) is 1. The number of aliphatic carboxylic acids is 1. The quantitative estimate of drug-likeness (QED) is 0.901. The van der Waals surface area contributed by atoms with Gasteiger partial charge in [-0.3, -0.25) is 9.59 Å².